The third-order valence-electron chi connectivity index (χ3n) is 2.05. The van der Waals surface area contributed by atoms with Crippen LogP contribution in [0, 0.1) is 6.92 Å². The van der Waals surface area contributed by atoms with Crippen molar-refractivity contribution in [3.05, 3.63) is 40.1 Å². The van der Waals surface area contributed by atoms with Crippen LogP contribution in [-0.2, 0) is 10.0 Å². The predicted molar refractivity (Wildman–Crippen MR) is 68.5 cm³/mol. The van der Waals surface area contributed by atoms with Gasteiger partial charge in [0, 0.05) is 11.1 Å². The molecule has 2 rings (SSSR count). The van der Waals surface area contributed by atoms with Crippen molar-refractivity contribution in [3.8, 4) is 0 Å². The van der Waals surface area contributed by atoms with Crippen LogP contribution in [0.1, 0.15) is 5.76 Å². The van der Waals surface area contributed by atoms with E-state index in [1.54, 1.807) is 6.92 Å². The minimum absolute atomic E-state index is 0.0760. The van der Waals surface area contributed by atoms with Gasteiger partial charge in [0.2, 0.25) is 0 Å². The Hall–Kier alpha value is -1.24. The highest BCUT2D eigenvalue weighted by molar-refractivity contribution is 7.92. The molecule has 0 aliphatic rings. The van der Waals surface area contributed by atoms with Crippen LogP contribution in [0.3, 0.4) is 0 Å². The fourth-order valence-corrected chi connectivity index (χ4v) is 3.04. The van der Waals surface area contributed by atoms with Crippen molar-refractivity contribution in [2.45, 2.75) is 11.8 Å². The number of hydrogen-bond donors (Lipinski definition) is 1. The second-order valence-corrected chi connectivity index (χ2v) is 6.00. The zero-order valence-corrected chi connectivity index (χ0v) is 11.5. The summed E-state index contributed by atoms with van der Waals surface area (Å²) in [7, 11) is -3.84. The van der Waals surface area contributed by atoms with Gasteiger partial charge in [0.25, 0.3) is 10.0 Å². The molecule has 2 aromatic rings. The van der Waals surface area contributed by atoms with E-state index in [2.05, 4.69) is 9.88 Å². The van der Waals surface area contributed by atoms with Gasteiger partial charge < -0.3 is 4.52 Å². The fourth-order valence-electron chi connectivity index (χ4n) is 1.29. The SMILES string of the molecule is Cc1cc(NS(=O)(=O)c2cc(Cl)ccc2Cl)no1. The van der Waals surface area contributed by atoms with Crippen LogP contribution in [0.15, 0.2) is 33.7 Å². The summed E-state index contributed by atoms with van der Waals surface area (Å²) in [6, 6.07) is 5.63. The van der Waals surface area contributed by atoms with E-state index in [9.17, 15) is 8.42 Å². The molecule has 1 aromatic heterocycles. The Kier molecular flexibility index (Phi) is 3.52. The largest absolute Gasteiger partial charge is 0.360 e. The molecule has 0 unspecified atom stereocenters. The number of hydrogen-bond acceptors (Lipinski definition) is 4. The number of aryl methyl sites for hydroxylation is 1. The van der Waals surface area contributed by atoms with Crippen molar-refractivity contribution in [3.63, 3.8) is 0 Å². The lowest BCUT2D eigenvalue weighted by Crippen LogP contribution is -2.13. The van der Waals surface area contributed by atoms with Crippen LogP contribution in [0.2, 0.25) is 10.0 Å². The van der Waals surface area contributed by atoms with Crippen LogP contribution < -0.4 is 4.72 Å². The second-order valence-electron chi connectivity index (χ2n) is 3.50. The highest BCUT2D eigenvalue weighted by Crippen LogP contribution is 2.26. The number of anilines is 1. The van der Waals surface area contributed by atoms with Crippen molar-refractivity contribution in [2.24, 2.45) is 0 Å². The summed E-state index contributed by atoms with van der Waals surface area (Å²) in [6.07, 6.45) is 0. The highest BCUT2D eigenvalue weighted by Gasteiger charge is 2.20. The summed E-state index contributed by atoms with van der Waals surface area (Å²) < 4.78 is 31.1. The fraction of sp³-hybridized carbons (Fsp3) is 0.100. The normalized spacial score (nSPS) is 11.5. The van der Waals surface area contributed by atoms with Crippen molar-refractivity contribution in [1.82, 2.24) is 5.16 Å². The van der Waals surface area contributed by atoms with E-state index in [1.165, 1.54) is 24.3 Å². The Morgan fingerprint density at radius 3 is 2.61 bits per heavy atom. The monoisotopic (exact) mass is 306 g/mol. The first-order valence-electron chi connectivity index (χ1n) is 4.80. The molecule has 0 radical (unpaired) electrons. The van der Waals surface area contributed by atoms with Gasteiger partial charge in [0.15, 0.2) is 5.82 Å². The molecule has 1 aromatic carbocycles. The van der Waals surface area contributed by atoms with E-state index in [1.807, 2.05) is 0 Å². The molecule has 0 spiro atoms. The molecule has 0 atom stereocenters. The quantitative estimate of drug-likeness (QED) is 0.945. The zero-order valence-electron chi connectivity index (χ0n) is 9.15. The Morgan fingerprint density at radius 1 is 1.28 bits per heavy atom. The third-order valence-corrected chi connectivity index (χ3v) is 4.12. The van der Waals surface area contributed by atoms with E-state index in [4.69, 9.17) is 27.7 Å². The summed E-state index contributed by atoms with van der Waals surface area (Å²) in [5.41, 5.74) is 0. The molecule has 1 N–H and O–H groups in total. The molecule has 18 heavy (non-hydrogen) atoms. The van der Waals surface area contributed by atoms with Crippen LogP contribution >= 0.6 is 23.2 Å². The molecule has 5 nitrogen and oxygen atoms in total. The Balaban J connectivity index is 2.39. The van der Waals surface area contributed by atoms with Crippen LogP contribution in [0.4, 0.5) is 5.82 Å². The predicted octanol–water partition coefficient (Wildman–Crippen LogP) is 3.09. The average Bonchev–Trinajstić information content (AvgIpc) is 2.66. The first-order valence-corrected chi connectivity index (χ1v) is 7.03. The third kappa shape index (κ3) is 2.77. The molecule has 0 saturated heterocycles. The topological polar surface area (TPSA) is 72.2 Å². The second kappa shape index (κ2) is 4.79. The van der Waals surface area contributed by atoms with Crippen LogP contribution in [0.5, 0.6) is 0 Å². The van der Waals surface area contributed by atoms with E-state index in [0.29, 0.717) is 5.76 Å². The minimum atomic E-state index is -3.84. The maximum atomic E-state index is 12.0. The van der Waals surface area contributed by atoms with Crippen molar-refractivity contribution in [1.29, 1.82) is 0 Å². The lowest BCUT2D eigenvalue weighted by atomic mass is 10.4. The summed E-state index contributed by atoms with van der Waals surface area (Å²) in [6.45, 7) is 1.65. The standard InChI is InChI=1S/C10H8Cl2N2O3S/c1-6-4-10(13-17-6)14-18(15,16)9-5-7(11)2-3-8(9)12/h2-5H,1H3,(H,13,14). The number of halogens is 2. The van der Waals surface area contributed by atoms with Crippen molar-refractivity contribution < 1.29 is 12.9 Å². The van der Waals surface area contributed by atoms with Gasteiger partial charge in [0.05, 0.1) is 5.02 Å². The molecule has 0 fully saturated rings. The van der Waals surface area contributed by atoms with Gasteiger partial charge in [-0.1, -0.05) is 28.4 Å². The maximum Gasteiger partial charge on any atom is 0.264 e. The lowest BCUT2D eigenvalue weighted by Gasteiger charge is -2.06. The lowest BCUT2D eigenvalue weighted by molar-refractivity contribution is 0.400. The first kappa shape index (κ1) is 13.2. The molecule has 96 valence electrons. The van der Waals surface area contributed by atoms with Gasteiger partial charge in [-0.15, -0.1) is 0 Å². The number of aromatic nitrogens is 1. The smallest absolute Gasteiger partial charge is 0.264 e. The summed E-state index contributed by atoms with van der Waals surface area (Å²) >= 11 is 11.6. The number of benzene rings is 1. The first-order chi connectivity index (χ1) is 8.38. The average molecular weight is 307 g/mol. The van der Waals surface area contributed by atoms with Gasteiger partial charge in [-0.25, -0.2) is 8.42 Å². The zero-order chi connectivity index (χ0) is 13.3. The Morgan fingerprint density at radius 2 is 2.00 bits per heavy atom. The molecule has 8 heteroatoms. The molecule has 0 bridgehead atoms. The maximum absolute atomic E-state index is 12.0. The van der Waals surface area contributed by atoms with Crippen LogP contribution in [0.25, 0.3) is 0 Å². The minimum Gasteiger partial charge on any atom is -0.360 e. The molecular weight excluding hydrogens is 299 g/mol. The van der Waals surface area contributed by atoms with E-state index in [-0.39, 0.29) is 20.8 Å². The van der Waals surface area contributed by atoms with Crippen LogP contribution in [-0.4, -0.2) is 13.6 Å². The summed E-state index contributed by atoms with van der Waals surface area (Å²) in [5, 5.41) is 3.89. The van der Waals surface area contributed by atoms with Gasteiger partial charge in [-0.3, -0.25) is 4.72 Å². The number of rotatable bonds is 3. The van der Waals surface area contributed by atoms with Gasteiger partial charge in [-0.05, 0) is 25.1 Å². The van der Waals surface area contributed by atoms with Gasteiger partial charge in [-0.2, -0.15) is 0 Å². The van der Waals surface area contributed by atoms with E-state index >= 15 is 0 Å². The Bertz CT molecular complexity index is 682. The number of nitrogens with one attached hydrogen (secondary N) is 1. The molecule has 0 aliphatic heterocycles. The van der Waals surface area contributed by atoms with E-state index in [0.717, 1.165) is 0 Å². The Labute approximate surface area is 114 Å². The summed E-state index contributed by atoms with van der Waals surface area (Å²) in [5.74, 6) is 0.577. The van der Waals surface area contributed by atoms with Gasteiger partial charge in [0.1, 0.15) is 10.7 Å². The molecule has 0 saturated carbocycles. The highest BCUT2D eigenvalue weighted by atomic mass is 35.5. The molecule has 0 amide bonds. The van der Waals surface area contributed by atoms with Gasteiger partial charge >= 0.3 is 0 Å². The summed E-state index contributed by atoms with van der Waals surface area (Å²) in [4.78, 5) is -0.114. The molecule has 1 heterocycles. The molecule has 0 aliphatic carbocycles. The van der Waals surface area contributed by atoms with Crippen molar-refractivity contribution in [2.75, 3.05) is 4.72 Å². The number of sulfonamides is 1. The van der Waals surface area contributed by atoms with Crippen molar-refractivity contribution >= 4 is 39.0 Å². The van der Waals surface area contributed by atoms with E-state index < -0.39 is 10.0 Å². The molecular formula is C10H8Cl2N2O3S. The number of nitrogens with zero attached hydrogens (tertiary/aromatic N) is 1.